The number of carboxylic acids is 2. The molecule has 5 aromatic carbocycles. The Labute approximate surface area is 492 Å². The summed E-state index contributed by atoms with van der Waals surface area (Å²) in [6.07, 6.45) is 11.1. The number of quaternary nitrogens is 1. The summed E-state index contributed by atoms with van der Waals surface area (Å²) in [5.41, 5.74) is 6.74. The third kappa shape index (κ3) is 27.2. The van der Waals surface area contributed by atoms with Crippen molar-refractivity contribution >= 4 is 11.9 Å². The molecule has 3 heterocycles. The van der Waals surface area contributed by atoms with Crippen molar-refractivity contribution in [1.82, 2.24) is 30.6 Å². The van der Waals surface area contributed by atoms with Crippen molar-refractivity contribution in [3.8, 4) is 51.0 Å². The zero-order valence-corrected chi connectivity index (χ0v) is 49.0. The van der Waals surface area contributed by atoms with Crippen LogP contribution in [0.25, 0.3) is 33.8 Å². The summed E-state index contributed by atoms with van der Waals surface area (Å²) < 4.78 is 1.42. The van der Waals surface area contributed by atoms with Gasteiger partial charge in [0.2, 0.25) is 0 Å². The number of unbranched alkanes of at least 4 members (excludes halogenated alkanes) is 4. The molecule has 0 aliphatic rings. The first-order chi connectivity index (χ1) is 35.7. The van der Waals surface area contributed by atoms with Crippen LogP contribution in [0, 0.1) is 20.8 Å². The molecule has 0 saturated heterocycles. The second-order valence-corrected chi connectivity index (χ2v) is 17.6. The van der Waals surface area contributed by atoms with E-state index in [4.69, 9.17) is 0 Å². The van der Waals surface area contributed by atoms with E-state index in [-0.39, 0.29) is 85.1 Å². The first-order valence-corrected chi connectivity index (χ1v) is 25.2. The number of carboxylic acid groups (broad SMARTS) is 2. The molecular weight excluding hydrogens is 1110 g/mol. The van der Waals surface area contributed by atoms with Crippen LogP contribution < -0.4 is 40.8 Å². The van der Waals surface area contributed by atoms with Gasteiger partial charge >= 0.3 is 51.2 Å². The smallest absolute Gasteiger partial charge is 2.00 e. The second-order valence-electron chi connectivity index (χ2n) is 17.6. The van der Waals surface area contributed by atoms with Crippen LogP contribution in [0.4, 0.5) is 0 Å². The molecule has 0 bridgehead atoms. The van der Waals surface area contributed by atoms with E-state index in [1.54, 1.807) is 91.0 Å². The normalized spacial score (nSPS) is 9.78. The molecule has 0 aliphatic carbocycles. The van der Waals surface area contributed by atoms with E-state index in [0.717, 1.165) is 17.1 Å². The van der Waals surface area contributed by atoms with Gasteiger partial charge in [-0.05, 0) is 74.3 Å². The van der Waals surface area contributed by atoms with Crippen LogP contribution in [0.1, 0.15) is 117 Å². The Hall–Kier alpha value is -6.45. The van der Waals surface area contributed by atoms with Gasteiger partial charge in [0.25, 0.3) is 0 Å². The average Bonchev–Trinajstić information content (AvgIpc) is 4.18. The molecule has 0 amide bonds. The van der Waals surface area contributed by atoms with Gasteiger partial charge in [-0.25, -0.2) is 0 Å². The van der Waals surface area contributed by atoms with Crippen LogP contribution in [0.3, 0.4) is 0 Å². The van der Waals surface area contributed by atoms with Crippen LogP contribution in [-0.4, -0.2) is 57.9 Å². The molecular formula is C60H70Mn3N7O8. The molecule has 0 spiro atoms. The molecule has 0 atom stereocenters. The molecule has 8 aromatic rings. The van der Waals surface area contributed by atoms with Crippen molar-refractivity contribution in [3.63, 3.8) is 0 Å². The minimum absolute atomic E-state index is 0. The van der Waals surface area contributed by atoms with Crippen molar-refractivity contribution in [2.45, 2.75) is 99.8 Å². The van der Waals surface area contributed by atoms with E-state index in [1.807, 2.05) is 39.0 Å². The Morgan fingerprint density at radius 1 is 0.410 bits per heavy atom. The average molecular weight is 1180 g/mol. The number of carbonyl (C=O) groups is 2. The summed E-state index contributed by atoms with van der Waals surface area (Å²) in [6, 6.07) is 42.0. The summed E-state index contributed by atoms with van der Waals surface area (Å²) in [4.78, 5) is 20.2. The number of hydrogen-bond acceptors (Lipinski definition) is 10. The number of nitrogens with zero attached hydrogens (tertiary/aromatic N) is 7. The topological polar surface area (TPSA) is 259 Å². The van der Waals surface area contributed by atoms with E-state index >= 15 is 0 Å². The molecule has 0 N–H and O–H groups in total. The molecule has 18 heteroatoms. The van der Waals surface area contributed by atoms with Gasteiger partial charge in [-0.2, -0.15) is 0 Å². The predicted molar refractivity (Wildman–Crippen MR) is 283 cm³/mol. The zero-order chi connectivity index (χ0) is 54.1. The summed E-state index contributed by atoms with van der Waals surface area (Å²) in [6.45, 7) is 20.6. The van der Waals surface area contributed by atoms with Crippen LogP contribution in [-0.2, 0) is 56.7 Å². The first-order valence-electron chi connectivity index (χ1n) is 25.2. The van der Waals surface area contributed by atoms with Gasteiger partial charge in [-0.3, -0.25) is 0 Å². The summed E-state index contributed by atoms with van der Waals surface area (Å²) in [5, 5.41) is 77.5. The molecule has 3 aromatic heterocycles. The first kappa shape index (κ1) is 73.6. The molecule has 8 rings (SSSR count). The van der Waals surface area contributed by atoms with E-state index in [2.05, 4.69) is 58.3 Å². The maximum atomic E-state index is 11.4. The van der Waals surface area contributed by atoms with Crippen LogP contribution in [0.2, 0.25) is 0 Å². The van der Waals surface area contributed by atoms with Crippen molar-refractivity contribution in [1.29, 1.82) is 0 Å². The SMILES string of the molecule is CCCC[N+](CCCC)(CCCC)CCCC.Cc1cc(-c2ccccc2[O-])[n-]n1.Cc1cc(-c2ccccc2[O-])[n-]n1.Cc1cc(-c2ccccc2[O-])[n-]n1.O=C([O-])c1ccccc1.O=C([O-])c1ccccc1.[Mn+3].[Mn+3].[Mn+3].[O-2]. The van der Waals surface area contributed by atoms with E-state index in [0.29, 0.717) is 33.8 Å². The maximum Gasteiger partial charge on any atom is 3.00 e. The molecule has 0 saturated carbocycles. The number of aromatic carboxylic acids is 2. The van der Waals surface area contributed by atoms with Gasteiger partial charge in [0, 0.05) is 17.1 Å². The van der Waals surface area contributed by atoms with Gasteiger partial charge in [-0.15, -0.1) is 34.3 Å². The Bertz CT molecular complexity index is 2530. The number of para-hydroxylation sites is 3. The van der Waals surface area contributed by atoms with Crippen molar-refractivity contribution < 1.29 is 96.3 Å². The Morgan fingerprint density at radius 2 is 0.641 bits per heavy atom. The molecule has 0 aliphatic heterocycles. The fraction of sp³-hybridized carbons (Fsp3) is 0.317. The van der Waals surface area contributed by atoms with E-state index in [9.17, 15) is 35.1 Å². The molecule has 0 radical (unpaired) electrons. The number of hydrogen-bond donors (Lipinski definition) is 0. The third-order valence-electron chi connectivity index (χ3n) is 11.4. The number of aromatic nitrogens is 6. The van der Waals surface area contributed by atoms with Gasteiger partial charge in [0.15, 0.2) is 0 Å². The number of aryl methyl sites for hydroxylation is 3. The fourth-order valence-corrected chi connectivity index (χ4v) is 7.39. The summed E-state index contributed by atoms with van der Waals surface area (Å²) in [7, 11) is 0. The quantitative estimate of drug-likeness (QED) is 0.0615. The van der Waals surface area contributed by atoms with Crippen molar-refractivity contribution in [2.24, 2.45) is 0 Å². The van der Waals surface area contributed by atoms with Gasteiger partial charge in [0.1, 0.15) is 0 Å². The number of benzene rings is 5. The molecule has 414 valence electrons. The Kier molecular flexibility index (Phi) is 39.3. The summed E-state index contributed by atoms with van der Waals surface area (Å²) in [5.74, 6) is -2.29. The molecule has 15 nitrogen and oxygen atoms in total. The fourth-order valence-electron chi connectivity index (χ4n) is 7.39. The van der Waals surface area contributed by atoms with Crippen molar-refractivity contribution in [2.75, 3.05) is 26.2 Å². The summed E-state index contributed by atoms with van der Waals surface area (Å²) >= 11 is 0. The zero-order valence-electron chi connectivity index (χ0n) is 45.4. The van der Waals surface area contributed by atoms with Gasteiger partial charge < -0.3 is 75.7 Å². The Balaban J connectivity index is 0. The molecule has 78 heavy (non-hydrogen) atoms. The monoisotopic (exact) mass is 1180 g/mol. The van der Waals surface area contributed by atoms with Gasteiger partial charge in [0.05, 0.1) is 38.1 Å². The number of rotatable bonds is 17. The second kappa shape index (κ2) is 41.6. The minimum Gasteiger partial charge on any atom is -2.00 e. The Morgan fingerprint density at radius 3 is 0.821 bits per heavy atom. The van der Waals surface area contributed by atoms with Gasteiger partial charge in [-0.1, -0.05) is 205 Å². The van der Waals surface area contributed by atoms with Crippen LogP contribution in [0.15, 0.2) is 152 Å². The van der Waals surface area contributed by atoms with E-state index in [1.165, 1.54) is 124 Å². The van der Waals surface area contributed by atoms with Crippen LogP contribution in [0.5, 0.6) is 17.2 Å². The van der Waals surface area contributed by atoms with Crippen molar-refractivity contribution in [3.05, 3.63) is 180 Å². The van der Waals surface area contributed by atoms with Crippen LogP contribution >= 0.6 is 0 Å². The standard InChI is InChI=1S/C16H36N.3C10H9N2O.2C7H6O2.3Mn.O/c1-5-9-13-17(14-10-6-2,15-11-7-3)16-12-8-4;3*1-7-6-9(12-11-7)8-4-2-3-5-10(8)13;2*8-7(9)6-4-2-1-3-5-6;;;;/h5-16H2,1-4H3;3*2-6H,1H3,(H-,11,12,13);2*1-5H,(H,8,9);;;;/q+1;3*-1;;;3*+3;-2/p-5. The largest absolute Gasteiger partial charge is 3.00 e. The number of carbonyl (C=O) groups excluding carboxylic acids is 2. The van der Waals surface area contributed by atoms with E-state index < -0.39 is 11.9 Å². The third-order valence-corrected chi connectivity index (χ3v) is 11.4. The molecule has 0 fully saturated rings. The predicted octanol–water partition coefficient (Wildman–Crippen LogP) is 8.24. The maximum absolute atomic E-state index is 11.4. The minimum atomic E-state index is -1.13. The molecule has 0 unspecified atom stereocenters.